The van der Waals surface area contributed by atoms with Crippen molar-refractivity contribution in [3.05, 3.63) is 72.8 Å². The zero-order chi connectivity index (χ0) is 16.5. The Bertz CT molecular complexity index is 1030. The fourth-order valence-corrected chi connectivity index (χ4v) is 3.22. The number of hydrogen-bond acceptors (Lipinski definition) is 2. The number of benzene rings is 4. The normalized spacial score (nSPS) is 10.9. The Balaban J connectivity index is 2.01. The van der Waals surface area contributed by atoms with Gasteiger partial charge in [-0.05, 0) is 51.4 Å². The van der Waals surface area contributed by atoms with Crippen LogP contribution in [0.25, 0.3) is 32.7 Å². The smallest absolute Gasteiger partial charge is 0.130 e. The van der Waals surface area contributed by atoms with E-state index in [9.17, 15) is 0 Å². The van der Waals surface area contributed by atoms with Gasteiger partial charge in [-0.25, -0.2) is 0 Å². The quantitative estimate of drug-likeness (QED) is 0.453. The Kier molecular flexibility index (Phi) is 3.58. The Hall–Kier alpha value is -3.00. The highest BCUT2D eigenvalue weighted by atomic mass is 16.5. The van der Waals surface area contributed by atoms with Crippen molar-refractivity contribution in [2.24, 2.45) is 0 Å². The first-order valence-corrected chi connectivity index (χ1v) is 7.94. The number of fused-ring (bicyclic) bond motifs is 2. The lowest BCUT2D eigenvalue weighted by Gasteiger charge is -2.13. The van der Waals surface area contributed by atoms with Crippen molar-refractivity contribution in [2.45, 2.75) is 0 Å². The lowest BCUT2D eigenvalue weighted by atomic mass is 9.95. The summed E-state index contributed by atoms with van der Waals surface area (Å²) in [7, 11) is 3.36. The maximum atomic E-state index is 5.60. The van der Waals surface area contributed by atoms with Crippen LogP contribution in [0.15, 0.2) is 72.8 Å². The molecule has 0 saturated carbocycles. The van der Waals surface area contributed by atoms with E-state index in [1.165, 1.54) is 21.5 Å². The molecule has 4 rings (SSSR count). The summed E-state index contributed by atoms with van der Waals surface area (Å²) in [5, 5.41) is 4.94. The molecule has 0 saturated heterocycles. The Labute approximate surface area is 141 Å². The standard InChI is InChI=1S/C22H18O2/c1-23-18-10-11-20(22(14-18)24-2)19-9-5-8-17-12-15-6-3-4-7-16(15)13-21(17)19/h3-14H,1-2H3. The molecule has 4 aromatic carbocycles. The first kappa shape index (κ1) is 14.6. The van der Waals surface area contributed by atoms with E-state index < -0.39 is 0 Å². The van der Waals surface area contributed by atoms with Crippen LogP contribution in [0.5, 0.6) is 11.5 Å². The maximum absolute atomic E-state index is 5.60. The molecule has 24 heavy (non-hydrogen) atoms. The van der Waals surface area contributed by atoms with Crippen LogP contribution in [0.2, 0.25) is 0 Å². The molecule has 0 fully saturated rings. The van der Waals surface area contributed by atoms with Gasteiger partial charge in [0.2, 0.25) is 0 Å². The molecule has 0 radical (unpaired) electrons. The molecule has 0 heterocycles. The SMILES string of the molecule is COc1ccc(-c2cccc3cc4ccccc4cc23)c(OC)c1. The molecule has 0 aliphatic carbocycles. The van der Waals surface area contributed by atoms with E-state index in [4.69, 9.17) is 9.47 Å². The largest absolute Gasteiger partial charge is 0.497 e. The molecule has 0 atom stereocenters. The summed E-state index contributed by atoms with van der Waals surface area (Å²) >= 11 is 0. The van der Waals surface area contributed by atoms with E-state index in [0.29, 0.717) is 0 Å². The molecule has 0 N–H and O–H groups in total. The molecular weight excluding hydrogens is 296 g/mol. The third-order valence-corrected chi connectivity index (χ3v) is 4.45. The van der Waals surface area contributed by atoms with Crippen molar-refractivity contribution in [3.63, 3.8) is 0 Å². The summed E-state index contributed by atoms with van der Waals surface area (Å²) in [4.78, 5) is 0. The van der Waals surface area contributed by atoms with E-state index in [1.54, 1.807) is 14.2 Å². The molecule has 0 unspecified atom stereocenters. The van der Waals surface area contributed by atoms with Gasteiger partial charge in [0.25, 0.3) is 0 Å². The highest BCUT2D eigenvalue weighted by molar-refractivity contribution is 6.05. The summed E-state index contributed by atoms with van der Waals surface area (Å²) in [5.41, 5.74) is 2.23. The lowest BCUT2D eigenvalue weighted by Crippen LogP contribution is -1.91. The van der Waals surface area contributed by atoms with Crippen LogP contribution in [-0.4, -0.2) is 14.2 Å². The minimum absolute atomic E-state index is 0.793. The average molecular weight is 314 g/mol. The summed E-state index contributed by atoms with van der Waals surface area (Å²) in [6.07, 6.45) is 0. The van der Waals surface area contributed by atoms with Gasteiger partial charge in [0.1, 0.15) is 11.5 Å². The van der Waals surface area contributed by atoms with Crippen molar-refractivity contribution >= 4 is 21.5 Å². The van der Waals surface area contributed by atoms with E-state index in [1.807, 2.05) is 12.1 Å². The zero-order valence-corrected chi connectivity index (χ0v) is 13.7. The van der Waals surface area contributed by atoms with Gasteiger partial charge in [0.15, 0.2) is 0 Å². The fraction of sp³-hybridized carbons (Fsp3) is 0.0909. The first-order valence-electron chi connectivity index (χ1n) is 7.94. The number of methoxy groups -OCH3 is 2. The molecule has 118 valence electrons. The van der Waals surface area contributed by atoms with Crippen LogP contribution in [0.1, 0.15) is 0 Å². The Morgan fingerprint density at radius 2 is 1.33 bits per heavy atom. The lowest BCUT2D eigenvalue weighted by molar-refractivity contribution is 0.395. The molecule has 0 aliphatic rings. The van der Waals surface area contributed by atoms with Crippen LogP contribution in [0.4, 0.5) is 0 Å². The van der Waals surface area contributed by atoms with Crippen molar-refractivity contribution in [1.82, 2.24) is 0 Å². The number of hydrogen-bond donors (Lipinski definition) is 0. The monoisotopic (exact) mass is 314 g/mol. The van der Waals surface area contributed by atoms with Crippen molar-refractivity contribution in [3.8, 4) is 22.6 Å². The van der Waals surface area contributed by atoms with Crippen LogP contribution < -0.4 is 9.47 Å². The van der Waals surface area contributed by atoms with Gasteiger partial charge in [-0.15, -0.1) is 0 Å². The second kappa shape index (κ2) is 5.89. The summed E-state index contributed by atoms with van der Waals surface area (Å²) < 4.78 is 10.9. The summed E-state index contributed by atoms with van der Waals surface area (Å²) in [6.45, 7) is 0. The predicted octanol–water partition coefficient (Wildman–Crippen LogP) is 5.68. The number of rotatable bonds is 3. The van der Waals surface area contributed by atoms with Crippen molar-refractivity contribution < 1.29 is 9.47 Å². The van der Waals surface area contributed by atoms with Gasteiger partial charge in [0, 0.05) is 11.6 Å². The van der Waals surface area contributed by atoms with Gasteiger partial charge in [-0.3, -0.25) is 0 Å². The summed E-state index contributed by atoms with van der Waals surface area (Å²) in [5.74, 6) is 1.61. The maximum Gasteiger partial charge on any atom is 0.130 e. The Morgan fingerprint density at radius 1 is 0.583 bits per heavy atom. The van der Waals surface area contributed by atoms with E-state index in [2.05, 4.69) is 60.7 Å². The van der Waals surface area contributed by atoms with Crippen molar-refractivity contribution in [2.75, 3.05) is 14.2 Å². The van der Waals surface area contributed by atoms with Crippen LogP contribution in [0.3, 0.4) is 0 Å². The average Bonchev–Trinajstić information content (AvgIpc) is 2.65. The Morgan fingerprint density at radius 3 is 2.08 bits per heavy atom. The molecule has 2 heteroatoms. The van der Waals surface area contributed by atoms with Crippen LogP contribution in [0, 0.1) is 0 Å². The molecule has 0 spiro atoms. The minimum atomic E-state index is 0.793. The molecule has 2 nitrogen and oxygen atoms in total. The van der Waals surface area contributed by atoms with E-state index in [0.717, 1.165) is 22.6 Å². The summed E-state index contributed by atoms with van der Waals surface area (Å²) in [6, 6.07) is 25.3. The second-order valence-electron chi connectivity index (χ2n) is 5.79. The third-order valence-electron chi connectivity index (χ3n) is 4.45. The van der Waals surface area contributed by atoms with Gasteiger partial charge in [0.05, 0.1) is 14.2 Å². The zero-order valence-electron chi connectivity index (χ0n) is 13.7. The van der Waals surface area contributed by atoms with Crippen LogP contribution >= 0.6 is 0 Å². The third kappa shape index (κ3) is 2.37. The van der Waals surface area contributed by atoms with Gasteiger partial charge in [-0.2, -0.15) is 0 Å². The van der Waals surface area contributed by atoms with E-state index >= 15 is 0 Å². The number of ether oxygens (including phenoxy) is 2. The molecule has 0 bridgehead atoms. The molecule has 0 aliphatic heterocycles. The first-order chi connectivity index (χ1) is 11.8. The fourth-order valence-electron chi connectivity index (χ4n) is 3.22. The molecule has 0 aromatic heterocycles. The highest BCUT2D eigenvalue weighted by Gasteiger charge is 2.11. The predicted molar refractivity (Wildman–Crippen MR) is 100.0 cm³/mol. The van der Waals surface area contributed by atoms with E-state index in [-0.39, 0.29) is 0 Å². The molecular formula is C22H18O2. The molecule has 4 aromatic rings. The van der Waals surface area contributed by atoms with Crippen LogP contribution in [-0.2, 0) is 0 Å². The van der Waals surface area contributed by atoms with Gasteiger partial charge < -0.3 is 9.47 Å². The second-order valence-corrected chi connectivity index (χ2v) is 5.79. The highest BCUT2D eigenvalue weighted by Crippen LogP contribution is 2.38. The van der Waals surface area contributed by atoms with Gasteiger partial charge in [-0.1, -0.05) is 42.5 Å². The molecule has 0 amide bonds. The van der Waals surface area contributed by atoms with Crippen molar-refractivity contribution in [1.29, 1.82) is 0 Å². The minimum Gasteiger partial charge on any atom is -0.497 e. The van der Waals surface area contributed by atoms with Gasteiger partial charge >= 0.3 is 0 Å². The topological polar surface area (TPSA) is 18.5 Å².